The molecule has 0 aromatic heterocycles. The molecule has 8 heteroatoms. The van der Waals surface area contributed by atoms with E-state index in [1.807, 2.05) is 25.9 Å². The number of sulfonamides is 1. The van der Waals surface area contributed by atoms with Crippen LogP contribution in [0.2, 0.25) is 0 Å². The van der Waals surface area contributed by atoms with E-state index in [1.54, 1.807) is 26.2 Å². The fraction of sp³-hybridized carbons (Fsp3) is 0.600. The first kappa shape index (κ1) is 22.7. The molecule has 28 heavy (non-hydrogen) atoms. The summed E-state index contributed by atoms with van der Waals surface area (Å²) >= 11 is 0. The molecule has 0 amide bonds. The summed E-state index contributed by atoms with van der Waals surface area (Å²) in [6.45, 7) is 4.63. The van der Waals surface area contributed by atoms with Crippen molar-refractivity contribution in [3.05, 3.63) is 23.8 Å². The number of likely N-dealkylation sites (N-methyl/N-ethyl adjacent to an activating group) is 1. The highest BCUT2D eigenvalue weighted by atomic mass is 32.2. The number of fused-ring (bicyclic) bond motifs is 1. The van der Waals surface area contributed by atoms with Gasteiger partial charge in [-0.05, 0) is 39.2 Å². The predicted molar refractivity (Wildman–Crippen MR) is 108 cm³/mol. The lowest BCUT2D eigenvalue weighted by atomic mass is 10.0. The fourth-order valence-corrected chi connectivity index (χ4v) is 4.92. The molecule has 1 aromatic rings. The fourth-order valence-electron chi connectivity index (χ4n) is 3.09. The minimum atomic E-state index is -3.82. The van der Waals surface area contributed by atoms with Crippen molar-refractivity contribution in [2.24, 2.45) is 5.92 Å². The van der Waals surface area contributed by atoms with Gasteiger partial charge in [0.05, 0.1) is 6.61 Å². The molecule has 3 atom stereocenters. The van der Waals surface area contributed by atoms with E-state index in [-0.39, 0.29) is 35.8 Å². The Hall–Kier alpha value is -1.63. The second-order valence-corrected chi connectivity index (χ2v) is 9.26. The zero-order valence-electron chi connectivity index (χ0n) is 17.2. The minimum Gasteiger partial charge on any atom is -0.487 e. The summed E-state index contributed by atoms with van der Waals surface area (Å²) in [6, 6.07) is 4.33. The smallest absolute Gasteiger partial charge is 0.247 e. The molecule has 1 aliphatic rings. The number of aliphatic hydroxyl groups is 1. The Morgan fingerprint density at radius 2 is 2.14 bits per heavy atom. The van der Waals surface area contributed by atoms with E-state index in [1.165, 1.54) is 10.4 Å². The van der Waals surface area contributed by atoms with Gasteiger partial charge in [0.15, 0.2) is 0 Å². The second kappa shape index (κ2) is 9.72. The van der Waals surface area contributed by atoms with Crippen LogP contribution in [0.25, 0.3) is 0 Å². The number of rotatable bonds is 5. The molecule has 7 nitrogen and oxygen atoms in total. The first-order valence-electron chi connectivity index (χ1n) is 9.26. The second-order valence-electron chi connectivity index (χ2n) is 7.40. The number of benzene rings is 1. The van der Waals surface area contributed by atoms with Crippen LogP contribution in [0.15, 0.2) is 23.1 Å². The van der Waals surface area contributed by atoms with Crippen molar-refractivity contribution in [3.63, 3.8) is 0 Å². The Bertz CT molecular complexity index is 829. The highest BCUT2D eigenvalue weighted by Gasteiger charge is 2.37. The zero-order chi connectivity index (χ0) is 20.9. The lowest BCUT2D eigenvalue weighted by molar-refractivity contribution is 0.0812. The first-order valence-corrected chi connectivity index (χ1v) is 10.7. The zero-order valence-corrected chi connectivity index (χ0v) is 18.0. The summed E-state index contributed by atoms with van der Waals surface area (Å²) in [4.78, 5) is 2.11. The molecule has 0 fully saturated rings. The first-order chi connectivity index (χ1) is 13.2. The molecule has 1 heterocycles. The average Bonchev–Trinajstić information content (AvgIpc) is 2.63. The van der Waals surface area contributed by atoms with Gasteiger partial charge in [0.1, 0.15) is 23.4 Å². The van der Waals surface area contributed by atoms with E-state index >= 15 is 0 Å². The van der Waals surface area contributed by atoms with Gasteiger partial charge in [-0.2, -0.15) is 4.31 Å². The van der Waals surface area contributed by atoms with Crippen molar-refractivity contribution in [2.45, 2.75) is 30.9 Å². The van der Waals surface area contributed by atoms with Crippen LogP contribution in [0.1, 0.15) is 19.4 Å². The van der Waals surface area contributed by atoms with Crippen LogP contribution in [-0.2, 0) is 14.8 Å². The third kappa shape index (κ3) is 5.25. The van der Waals surface area contributed by atoms with Gasteiger partial charge < -0.3 is 19.5 Å². The maximum atomic E-state index is 13.3. The van der Waals surface area contributed by atoms with Gasteiger partial charge >= 0.3 is 0 Å². The largest absolute Gasteiger partial charge is 0.487 e. The molecule has 0 spiro atoms. The highest BCUT2D eigenvalue weighted by molar-refractivity contribution is 7.89. The van der Waals surface area contributed by atoms with Crippen molar-refractivity contribution in [3.8, 4) is 17.6 Å². The molecular weight excluding hydrogens is 380 g/mol. The molecular formula is C20H30N2O5S. The Balaban J connectivity index is 2.57. The van der Waals surface area contributed by atoms with Gasteiger partial charge in [-0.15, -0.1) is 0 Å². The van der Waals surface area contributed by atoms with Crippen LogP contribution < -0.4 is 4.74 Å². The van der Waals surface area contributed by atoms with Crippen LogP contribution in [0.3, 0.4) is 0 Å². The lowest BCUT2D eigenvalue weighted by Crippen LogP contribution is -2.49. The van der Waals surface area contributed by atoms with E-state index in [2.05, 4.69) is 11.8 Å². The van der Waals surface area contributed by atoms with Crippen LogP contribution in [0.5, 0.6) is 5.75 Å². The average molecular weight is 411 g/mol. The van der Waals surface area contributed by atoms with E-state index in [0.717, 1.165) is 0 Å². The number of hydrogen-bond acceptors (Lipinski definition) is 6. The van der Waals surface area contributed by atoms with Crippen LogP contribution in [0.4, 0.5) is 0 Å². The van der Waals surface area contributed by atoms with E-state index in [0.29, 0.717) is 18.7 Å². The van der Waals surface area contributed by atoms with Gasteiger partial charge in [0.2, 0.25) is 10.0 Å². The molecule has 0 unspecified atom stereocenters. The molecule has 0 bridgehead atoms. The van der Waals surface area contributed by atoms with Crippen molar-refractivity contribution in [2.75, 3.05) is 47.5 Å². The SMILES string of the molecule is COCC#Cc1ccc2c(c1)O[C@H](CN(C)C)[C@@H](C)CN([C@H](C)CO)S2(=O)=O. The number of methoxy groups -OCH3 is 1. The maximum Gasteiger partial charge on any atom is 0.247 e. The van der Waals surface area contributed by atoms with Gasteiger partial charge in [0.25, 0.3) is 0 Å². The Morgan fingerprint density at radius 1 is 1.43 bits per heavy atom. The van der Waals surface area contributed by atoms with Crippen molar-refractivity contribution < 1.29 is 23.0 Å². The third-order valence-electron chi connectivity index (χ3n) is 4.66. The van der Waals surface area contributed by atoms with Crippen molar-refractivity contribution in [1.82, 2.24) is 9.21 Å². The molecule has 156 valence electrons. The Kier molecular flexibility index (Phi) is 7.87. The third-order valence-corrected chi connectivity index (χ3v) is 6.68. The van der Waals surface area contributed by atoms with Gasteiger partial charge in [-0.25, -0.2) is 8.42 Å². The molecule has 2 rings (SSSR count). The topological polar surface area (TPSA) is 79.3 Å². The summed E-state index contributed by atoms with van der Waals surface area (Å²) in [7, 11) is 1.65. The van der Waals surface area contributed by atoms with E-state index < -0.39 is 16.1 Å². The predicted octanol–water partition coefficient (Wildman–Crippen LogP) is 1.01. The van der Waals surface area contributed by atoms with Gasteiger partial charge in [-0.3, -0.25) is 0 Å². The van der Waals surface area contributed by atoms with Gasteiger partial charge in [-0.1, -0.05) is 18.8 Å². The number of hydrogen-bond donors (Lipinski definition) is 1. The highest BCUT2D eigenvalue weighted by Crippen LogP contribution is 2.34. The molecule has 0 saturated heterocycles. The molecule has 0 saturated carbocycles. The van der Waals surface area contributed by atoms with Crippen LogP contribution >= 0.6 is 0 Å². The standard InChI is InChI=1S/C20H30N2O5S/c1-15-12-22(16(2)14-23)28(24,25)20-9-8-17(7-6-10-26-5)11-18(20)27-19(15)13-21(3)4/h8-9,11,15-16,19,23H,10,12-14H2,1-5H3/t15-,16+,19+/m0/s1. The number of aliphatic hydroxyl groups excluding tert-OH is 1. The van der Waals surface area contributed by atoms with Crippen molar-refractivity contribution in [1.29, 1.82) is 0 Å². The Morgan fingerprint density at radius 3 is 2.75 bits per heavy atom. The molecule has 1 aliphatic heterocycles. The molecule has 0 aliphatic carbocycles. The van der Waals surface area contributed by atoms with Crippen molar-refractivity contribution >= 4 is 10.0 Å². The molecule has 1 aromatic carbocycles. The summed E-state index contributed by atoms with van der Waals surface area (Å²) in [6.07, 6.45) is -0.208. The van der Waals surface area contributed by atoms with E-state index in [4.69, 9.17) is 9.47 Å². The van der Waals surface area contributed by atoms with Gasteiger partial charge in [0, 0.05) is 37.7 Å². The number of nitrogens with zero attached hydrogens (tertiary/aromatic N) is 2. The Labute approximate surface area is 168 Å². The summed E-state index contributed by atoms with van der Waals surface area (Å²) < 4.78 is 39.1. The normalized spacial score (nSPS) is 23.0. The lowest BCUT2D eigenvalue weighted by Gasteiger charge is -2.37. The monoisotopic (exact) mass is 410 g/mol. The van der Waals surface area contributed by atoms with Crippen LogP contribution in [-0.4, -0.2) is 82.4 Å². The molecule has 0 radical (unpaired) electrons. The molecule has 1 N–H and O–H groups in total. The number of ether oxygens (including phenoxy) is 2. The quantitative estimate of drug-likeness (QED) is 0.730. The maximum absolute atomic E-state index is 13.3. The summed E-state index contributed by atoms with van der Waals surface area (Å²) in [5, 5.41) is 9.62. The summed E-state index contributed by atoms with van der Waals surface area (Å²) in [5.74, 6) is 6.05. The minimum absolute atomic E-state index is 0.0671. The van der Waals surface area contributed by atoms with E-state index in [9.17, 15) is 13.5 Å². The van der Waals surface area contributed by atoms with Crippen LogP contribution in [0, 0.1) is 17.8 Å². The summed E-state index contributed by atoms with van der Waals surface area (Å²) in [5.41, 5.74) is 0.657.